The maximum absolute atomic E-state index is 6.02. The van der Waals surface area contributed by atoms with E-state index in [1.807, 2.05) is 6.92 Å². The van der Waals surface area contributed by atoms with Gasteiger partial charge in [-0.25, -0.2) is 4.98 Å². The van der Waals surface area contributed by atoms with E-state index in [1.165, 1.54) is 11.1 Å². The van der Waals surface area contributed by atoms with Crippen LogP contribution < -0.4 is 10.1 Å². The Labute approximate surface area is 131 Å². The van der Waals surface area contributed by atoms with E-state index >= 15 is 0 Å². The number of aryl methyl sites for hydroxylation is 2. The fourth-order valence-electron chi connectivity index (χ4n) is 2.22. The fraction of sp³-hybridized carbons (Fsp3) is 0.471. The minimum atomic E-state index is 0.290. The van der Waals surface area contributed by atoms with Crippen molar-refractivity contribution < 1.29 is 4.74 Å². The van der Waals surface area contributed by atoms with Gasteiger partial charge in [-0.05, 0) is 45.4 Å². The van der Waals surface area contributed by atoms with Gasteiger partial charge in [0.25, 0.3) is 0 Å². The molecular formula is C17H24N2OS. The summed E-state index contributed by atoms with van der Waals surface area (Å²) in [6.45, 7) is 10.0. The zero-order valence-corrected chi connectivity index (χ0v) is 14.1. The summed E-state index contributed by atoms with van der Waals surface area (Å²) in [4.78, 5) is 4.45. The summed E-state index contributed by atoms with van der Waals surface area (Å²) in [5, 5.41) is 6.66. The molecule has 0 saturated heterocycles. The van der Waals surface area contributed by atoms with Gasteiger partial charge in [0, 0.05) is 17.0 Å². The van der Waals surface area contributed by atoms with E-state index in [9.17, 15) is 0 Å². The van der Waals surface area contributed by atoms with Gasteiger partial charge in [0.05, 0.1) is 10.7 Å². The fourth-order valence-corrected chi connectivity index (χ4v) is 2.82. The Hall–Kier alpha value is -1.39. The van der Waals surface area contributed by atoms with Crippen molar-refractivity contribution in [2.45, 2.75) is 46.8 Å². The Balaban J connectivity index is 2.10. The third-order valence-electron chi connectivity index (χ3n) is 3.38. The SMILES string of the molecule is CCCNC(C)c1ccc(C)cc1OCc1csc(C)n1. The lowest BCUT2D eigenvalue weighted by Crippen LogP contribution is -2.20. The molecule has 1 unspecified atom stereocenters. The Morgan fingerprint density at radius 3 is 2.81 bits per heavy atom. The van der Waals surface area contributed by atoms with Gasteiger partial charge in [0.15, 0.2) is 0 Å². The van der Waals surface area contributed by atoms with E-state index in [1.54, 1.807) is 11.3 Å². The Morgan fingerprint density at radius 2 is 2.14 bits per heavy atom. The van der Waals surface area contributed by atoms with Crippen molar-refractivity contribution in [1.82, 2.24) is 10.3 Å². The number of benzene rings is 1. The molecule has 0 aliphatic carbocycles. The second kappa shape index (κ2) is 7.57. The van der Waals surface area contributed by atoms with Crippen molar-refractivity contribution in [1.29, 1.82) is 0 Å². The van der Waals surface area contributed by atoms with Crippen LogP contribution >= 0.6 is 11.3 Å². The average molecular weight is 304 g/mol. The molecule has 2 aromatic rings. The van der Waals surface area contributed by atoms with Crippen molar-refractivity contribution in [2.75, 3.05) is 6.54 Å². The molecule has 0 spiro atoms. The molecule has 114 valence electrons. The van der Waals surface area contributed by atoms with Crippen molar-refractivity contribution in [3.8, 4) is 5.75 Å². The predicted octanol–water partition coefficient (Wildman–Crippen LogP) is 4.40. The molecule has 1 aromatic heterocycles. The first kappa shape index (κ1) is 16.0. The van der Waals surface area contributed by atoms with Crippen molar-refractivity contribution in [3.63, 3.8) is 0 Å². The molecule has 21 heavy (non-hydrogen) atoms. The van der Waals surface area contributed by atoms with Gasteiger partial charge in [0.1, 0.15) is 12.4 Å². The molecule has 2 rings (SSSR count). The van der Waals surface area contributed by atoms with Crippen LogP contribution in [0, 0.1) is 13.8 Å². The molecule has 4 heteroatoms. The van der Waals surface area contributed by atoms with Gasteiger partial charge in [-0.1, -0.05) is 19.1 Å². The minimum absolute atomic E-state index is 0.290. The molecule has 0 aliphatic rings. The van der Waals surface area contributed by atoms with Gasteiger partial charge in [-0.15, -0.1) is 11.3 Å². The molecule has 0 aliphatic heterocycles. The number of nitrogens with zero attached hydrogens (tertiary/aromatic N) is 1. The van der Waals surface area contributed by atoms with Crippen molar-refractivity contribution in [2.24, 2.45) is 0 Å². The lowest BCUT2D eigenvalue weighted by molar-refractivity contribution is 0.295. The van der Waals surface area contributed by atoms with Gasteiger partial charge >= 0.3 is 0 Å². The molecule has 0 bridgehead atoms. The minimum Gasteiger partial charge on any atom is -0.487 e. The summed E-state index contributed by atoms with van der Waals surface area (Å²) >= 11 is 1.66. The first-order valence-corrected chi connectivity index (χ1v) is 8.36. The first-order chi connectivity index (χ1) is 10.1. The summed E-state index contributed by atoms with van der Waals surface area (Å²) < 4.78 is 6.02. The standard InChI is InChI=1S/C17H24N2OS/c1-5-8-18-13(3)16-7-6-12(2)9-17(16)20-10-15-11-21-14(4)19-15/h6-7,9,11,13,18H,5,8,10H2,1-4H3. The third kappa shape index (κ3) is 4.55. The lowest BCUT2D eigenvalue weighted by Gasteiger charge is -2.18. The highest BCUT2D eigenvalue weighted by Crippen LogP contribution is 2.27. The largest absolute Gasteiger partial charge is 0.487 e. The maximum atomic E-state index is 6.02. The lowest BCUT2D eigenvalue weighted by atomic mass is 10.0. The highest BCUT2D eigenvalue weighted by molar-refractivity contribution is 7.09. The number of aromatic nitrogens is 1. The monoisotopic (exact) mass is 304 g/mol. The number of ether oxygens (including phenoxy) is 1. The molecular weight excluding hydrogens is 280 g/mol. The molecule has 3 nitrogen and oxygen atoms in total. The Kier molecular flexibility index (Phi) is 5.76. The first-order valence-electron chi connectivity index (χ1n) is 7.48. The Morgan fingerprint density at radius 1 is 1.33 bits per heavy atom. The molecule has 0 radical (unpaired) electrons. The van der Waals surface area contributed by atoms with E-state index < -0.39 is 0 Å². The van der Waals surface area contributed by atoms with Crippen molar-refractivity contribution >= 4 is 11.3 Å². The van der Waals surface area contributed by atoms with E-state index in [0.717, 1.165) is 29.4 Å². The smallest absolute Gasteiger partial charge is 0.131 e. The van der Waals surface area contributed by atoms with E-state index in [0.29, 0.717) is 6.61 Å². The maximum Gasteiger partial charge on any atom is 0.131 e. The van der Waals surface area contributed by atoms with Crippen molar-refractivity contribution in [3.05, 3.63) is 45.4 Å². The summed E-state index contributed by atoms with van der Waals surface area (Å²) in [5.74, 6) is 0.955. The normalized spacial score (nSPS) is 12.4. The average Bonchev–Trinajstić information content (AvgIpc) is 2.88. The summed E-state index contributed by atoms with van der Waals surface area (Å²) in [6.07, 6.45) is 1.13. The quantitative estimate of drug-likeness (QED) is 0.823. The highest BCUT2D eigenvalue weighted by atomic mass is 32.1. The number of nitrogens with one attached hydrogen (secondary N) is 1. The summed E-state index contributed by atoms with van der Waals surface area (Å²) in [7, 11) is 0. The molecule has 1 atom stereocenters. The van der Waals surface area contributed by atoms with Crippen LogP contribution in [0.15, 0.2) is 23.6 Å². The number of rotatable bonds is 7. The summed E-state index contributed by atoms with van der Waals surface area (Å²) in [5.41, 5.74) is 3.42. The highest BCUT2D eigenvalue weighted by Gasteiger charge is 2.12. The van der Waals surface area contributed by atoms with Crippen LogP contribution in [0.1, 0.15) is 48.1 Å². The predicted molar refractivity (Wildman–Crippen MR) is 89.1 cm³/mol. The number of hydrogen-bond acceptors (Lipinski definition) is 4. The molecule has 0 saturated carbocycles. The van der Waals surface area contributed by atoms with E-state index in [4.69, 9.17) is 4.74 Å². The Bertz CT molecular complexity index is 580. The summed E-state index contributed by atoms with van der Waals surface area (Å²) in [6, 6.07) is 6.69. The van der Waals surface area contributed by atoms with Crippen LogP contribution in [0.2, 0.25) is 0 Å². The molecule has 0 amide bonds. The van der Waals surface area contributed by atoms with Gasteiger partial charge in [-0.2, -0.15) is 0 Å². The van der Waals surface area contributed by atoms with Crippen LogP contribution in [-0.2, 0) is 6.61 Å². The topological polar surface area (TPSA) is 34.1 Å². The number of hydrogen-bond donors (Lipinski definition) is 1. The van der Waals surface area contributed by atoms with Crippen LogP contribution in [0.25, 0.3) is 0 Å². The second-order valence-electron chi connectivity index (χ2n) is 5.36. The molecule has 1 heterocycles. The van der Waals surface area contributed by atoms with Gasteiger partial charge < -0.3 is 10.1 Å². The van der Waals surface area contributed by atoms with Crippen LogP contribution in [-0.4, -0.2) is 11.5 Å². The van der Waals surface area contributed by atoms with E-state index in [-0.39, 0.29) is 6.04 Å². The second-order valence-corrected chi connectivity index (χ2v) is 6.43. The molecule has 1 aromatic carbocycles. The van der Waals surface area contributed by atoms with Crippen LogP contribution in [0.3, 0.4) is 0 Å². The zero-order chi connectivity index (χ0) is 15.2. The molecule has 0 fully saturated rings. The molecule has 1 N–H and O–H groups in total. The third-order valence-corrected chi connectivity index (χ3v) is 4.20. The zero-order valence-electron chi connectivity index (χ0n) is 13.3. The van der Waals surface area contributed by atoms with Crippen LogP contribution in [0.5, 0.6) is 5.75 Å². The van der Waals surface area contributed by atoms with Crippen LogP contribution in [0.4, 0.5) is 0 Å². The number of thiazole rings is 1. The van der Waals surface area contributed by atoms with E-state index in [2.05, 4.69) is 54.7 Å². The van der Waals surface area contributed by atoms with Gasteiger partial charge in [-0.3, -0.25) is 0 Å². The van der Waals surface area contributed by atoms with Gasteiger partial charge in [0.2, 0.25) is 0 Å².